The maximum atomic E-state index is 12.0. The van der Waals surface area contributed by atoms with E-state index in [1.807, 2.05) is 22.2 Å². The van der Waals surface area contributed by atoms with Crippen LogP contribution in [0.1, 0.15) is 12.5 Å². The second kappa shape index (κ2) is 6.76. The Kier molecular flexibility index (Phi) is 4.76. The fraction of sp³-hybridized carbons (Fsp3) is 0.286. The molecule has 0 aliphatic heterocycles. The standard InChI is InChI=1S/C14H15N3OS/c1-2-3-14(18)17(10-13-4-9-19-11-13)8-7-16-6-5-15-12-16/h4-6,9,11-12H,7-8,10H2,1H3. The Morgan fingerprint density at radius 3 is 3.11 bits per heavy atom. The summed E-state index contributed by atoms with van der Waals surface area (Å²) in [5.74, 6) is 5.14. The van der Waals surface area contributed by atoms with Gasteiger partial charge in [0.25, 0.3) is 5.91 Å². The highest BCUT2D eigenvalue weighted by Crippen LogP contribution is 2.09. The largest absolute Gasteiger partial charge is 0.336 e. The SMILES string of the molecule is CC#CC(=O)N(CCn1ccnc1)Cc1ccsc1. The Morgan fingerprint density at radius 1 is 1.58 bits per heavy atom. The van der Waals surface area contributed by atoms with Gasteiger partial charge in [0.05, 0.1) is 6.33 Å². The van der Waals surface area contributed by atoms with E-state index in [0.29, 0.717) is 13.1 Å². The first-order valence-electron chi connectivity index (χ1n) is 5.98. The minimum absolute atomic E-state index is 0.131. The fourth-order valence-electron chi connectivity index (χ4n) is 1.70. The lowest BCUT2D eigenvalue weighted by Crippen LogP contribution is -2.32. The number of carbonyl (C=O) groups is 1. The lowest BCUT2D eigenvalue weighted by Gasteiger charge is -2.19. The van der Waals surface area contributed by atoms with E-state index in [4.69, 9.17) is 0 Å². The number of hydrogen-bond donors (Lipinski definition) is 0. The van der Waals surface area contributed by atoms with Gasteiger partial charge in [-0.15, -0.1) is 0 Å². The van der Waals surface area contributed by atoms with Crippen molar-refractivity contribution in [3.63, 3.8) is 0 Å². The highest BCUT2D eigenvalue weighted by Gasteiger charge is 2.12. The molecule has 5 heteroatoms. The molecule has 0 aliphatic rings. The van der Waals surface area contributed by atoms with Gasteiger partial charge in [0, 0.05) is 32.0 Å². The van der Waals surface area contributed by atoms with Crippen molar-refractivity contribution in [3.8, 4) is 11.8 Å². The quantitative estimate of drug-likeness (QED) is 0.781. The molecule has 0 spiro atoms. The highest BCUT2D eigenvalue weighted by atomic mass is 32.1. The topological polar surface area (TPSA) is 38.1 Å². The molecule has 4 nitrogen and oxygen atoms in total. The van der Waals surface area contributed by atoms with Gasteiger partial charge in [-0.1, -0.05) is 5.92 Å². The summed E-state index contributed by atoms with van der Waals surface area (Å²) in [6.07, 6.45) is 5.37. The number of amides is 1. The number of nitrogens with zero attached hydrogens (tertiary/aromatic N) is 3. The third-order valence-electron chi connectivity index (χ3n) is 2.66. The molecule has 19 heavy (non-hydrogen) atoms. The average Bonchev–Trinajstić information content (AvgIpc) is 3.08. The predicted octanol–water partition coefficient (Wildman–Crippen LogP) is 2.00. The van der Waals surface area contributed by atoms with Crippen LogP contribution in [0, 0.1) is 11.8 Å². The molecule has 0 saturated carbocycles. The zero-order valence-corrected chi connectivity index (χ0v) is 11.6. The number of rotatable bonds is 5. The maximum absolute atomic E-state index is 12.0. The van der Waals surface area contributed by atoms with Crippen molar-refractivity contribution in [2.24, 2.45) is 0 Å². The third kappa shape index (κ3) is 3.97. The Morgan fingerprint density at radius 2 is 2.47 bits per heavy atom. The van der Waals surface area contributed by atoms with E-state index in [-0.39, 0.29) is 5.91 Å². The van der Waals surface area contributed by atoms with Crippen molar-refractivity contribution in [3.05, 3.63) is 41.1 Å². The third-order valence-corrected chi connectivity index (χ3v) is 3.39. The minimum atomic E-state index is -0.131. The fourth-order valence-corrected chi connectivity index (χ4v) is 2.36. The van der Waals surface area contributed by atoms with Crippen LogP contribution in [0.2, 0.25) is 0 Å². The van der Waals surface area contributed by atoms with Gasteiger partial charge in [0.1, 0.15) is 0 Å². The smallest absolute Gasteiger partial charge is 0.298 e. The molecule has 0 fully saturated rings. The van der Waals surface area contributed by atoms with Gasteiger partial charge in [0.2, 0.25) is 0 Å². The molecule has 0 N–H and O–H groups in total. The lowest BCUT2D eigenvalue weighted by molar-refractivity contribution is -0.125. The molecule has 0 aromatic carbocycles. The van der Waals surface area contributed by atoms with Crippen molar-refractivity contribution < 1.29 is 4.79 Å². The lowest BCUT2D eigenvalue weighted by atomic mass is 10.3. The second-order valence-corrected chi connectivity index (χ2v) is 4.81. The molecule has 2 aromatic rings. The van der Waals surface area contributed by atoms with Crippen LogP contribution in [-0.2, 0) is 17.9 Å². The molecule has 0 bridgehead atoms. The number of imidazole rings is 1. The van der Waals surface area contributed by atoms with E-state index in [2.05, 4.69) is 22.2 Å². The van der Waals surface area contributed by atoms with Crippen LogP contribution in [-0.4, -0.2) is 26.9 Å². The first-order valence-corrected chi connectivity index (χ1v) is 6.92. The summed E-state index contributed by atoms with van der Waals surface area (Å²) in [6.45, 7) is 3.63. The Balaban J connectivity index is 2.00. The summed E-state index contributed by atoms with van der Waals surface area (Å²) in [6, 6.07) is 2.03. The van der Waals surface area contributed by atoms with Crippen LogP contribution in [0.5, 0.6) is 0 Å². The van der Waals surface area contributed by atoms with E-state index in [1.165, 1.54) is 0 Å². The first kappa shape index (κ1) is 13.4. The van der Waals surface area contributed by atoms with Crippen LogP contribution in [0.3, 0.4) is 0 Å². The zero-order chi connectivity index (χ0) is 13.5. The van der Waals surface area contributed by atoms with E-state index < -0.39 is 0 Å². The van der Waals surface area contributed by atoms with Gasteiger partial charge in [0.15, 0.2) is 0 Å². The van der Waals surface area contributed by atoms with Gasteiger partial charge in [-0.05, 0) is 35.2 Å². The monoisotopic (exact) mass is 273 g/mol. The van der Waals surface area contributed by atoms with Crippen molar-refractivity contribution in [1.29, 1.82) is 0 Å². The van der Waals surface area contributed by atoms with Crippen molar-refractivity contribution >= 4 is 17.2 Å². The summed E-state index contributed by atoms with van der Waals surface area (Å²) in [5.41, 5.74) is 1.14. The number of carbonyl (C=O) groups excluding carboxylic acids is 1. The van der Waals surface area contributed by atoms with Gasteiger partial charge in [-0.3, -0.25) is 4.79 Å². The number of thiophene rings is 1. The molecule has 1 amide bonds. The number of aromatic nitrogens is 2. The van der Waals surface area contributed by atoms with Gasteiger partial charge in [-0.2, -0.15) is 11.3 Å². The van der Waals surface area contributed by atoms with E-state index in [1.54, 1.807) is 35.7 Å². The van der Waals surface area contributed by atoms with Crippen LogP contribution < -0.4 is 0 Å². The molecular formula is C14H15N3OS. The molecule has 0 unspecified atom stereocenters. The van der Waals surface area contributed by atoms with Crippen LogP contribution >= 0.6 is 11.3 Å². The van der Waals surface area contributed by atoms with Gasteiger partial charge >= 0.3 is 0 Å². The molecule has 2 rings (SSSR count). The molecule has 98 valence electrons. The van der Waals surface area contributed by atoms with Crippen molar-refractivity contribution in [2.45, 2.75) is 20.0 Å². The minimum Gasteiger partial charge on any atom is -0.336 e. The predicted molar refractivity (Wildman–Crippen MR) is 75.4 cm³/mol. The summed E-state index contributed by atoms with van der Waals surface area (Å²) in [4.78, 5) is 17.7. The summed E-state index contributed by atoms with van der Waals surface area (Å²) in [7, 11) is 0. The first-order chi connectivity index (χ1) is 9.29. The van der Waals surface area contributed by atoms with E-state index in [9.17, 15) is 4.79 Å². The molecule has 2 aromatic heterocycles. The van der Waals surface area contributed by atoms with Gasteiger partial charge in [-0.25, -0.2) is 4.98 Å². The van der Waals surface area contributed by atoms with Crippen LogP contribution in [0.4, 0.5) is 0 Å². The molecule has 0 aliphatic carbocycles. The second-order valence-electron chi connectivity index (χ2n) is 4.03. The highest BCUT2D eigenvalue weighted by molar-refractivity contribution is 7.07. The molecule has 0 atom stereocenters. The summed E-state index contributed by atoms with van der Waals surface area (Å²) in [5, 5.41) is 4.07. The maximum Gasteiger partial charge on any atom is 0.298 e. The van der Waals surface area contributed by atoms with E-state index >= 15 is 0 Å². The number of hydrogen-bond acceptors (Lipinski definition) is 3. The molecule has 2 heterocycles. The average molecular weight is 273 g/mol. The Labute approximate surface area is 116 Å². The van der Waals surface area contributed by atoms with Crippen LogP contribution in [0.15, 0.2) is 35.5 Å². The molecular weight excluding hydrogens is 258 g/mol. The molecule has 0 saturated heterocycles. The van der Waals surface area contributed by atoms with Crippen molar-refractivity contribution in [2.75, 3.05) is 6.54 Å². The Bertz CT molecular complexity index is 564. The molecule has 0 radical (unpaired) electrons. The normalized spacial score (nSPS) is 9.74. The van der Waals surface area contributed by atoms with Gasteiger partial charge < -0.3 is 9.47 Å². The van der Waals surface area contributed by atoms with E-state index in [0.717, 1.165) is 12.1 Å². The zero-order valence-electron chi connectivity index (χ0n) is 10.7. The van der Waals surface area contributed by atoms with Crippen molar-refractivity contribution in [1.82, 2.24) is 14.5 Å². The summed E-state index contributed by atoms with van der Waals surface area (Å²) >= 11 is 1.63. The Hall–Kier alpha value is -2.06. The summed E-state index contributed by atoms with van der Waals surface area (Å²) < 4.78 is 1.95. The van der Waals surface area contributed by atoms with Crippen LogP contribution in [0.25, 0.3) is 0 Å².